The molecule has 0 bridgehead atoms. The Balaban J connectivity index is 2.33. The van der Waals surface area contributed by atoms with Crippen LogP contribution in [0.1, 0.15) is 24.2 Å². The molecule has 0 unspecified atom stereocenters. The Kier molecular flexibility index (Phi) is 6.37. The zero-order valence-electron chi connectivity index (χ0n) is 13.6. The molecule has 0 aliphatic carbocycles. The molecule has 6 heteroatoms. The average molecular weight is 391 g/mol. The Morgan fingerprint density at radius 2 is 1.83 bits per heavy atom. The Morgan fingerprint density at radius 3 is 2.42 bits per heavy atom. The number of aromatic nitrogens is 1. The highest BCUT2D eigenvalue weighted by Gasteiger charge is 2.15. The molecule has 0 fully saturated rings. The van der Waals surface area contributed by atoms with Gasteiger partial charge in [0.05, 0.1) is 11.8 Å². The third-order valence-corrected chi connectivity index (χ3v) is 3.98. The third-order valence-electron chi connectivity index (χ3n) is 3.45. The van der Waals surface area contributed by atoms with Crippen LogP contribution in [0.5, 0.6) is 0 Å². The van der Waals surface area contributed by atoms with E-state index in [1.54, 1.807) is 42.6 Å². The largest absolute Gasteiger partial charge is 0.404 e. The summed E-state index contributed by atoms with van der Waals surface area (Å²) in [4.78, 5) is 26.2. The minimum absolute atomic E-state index is 0.193. The summed E-state index contributed by atoms with van der Waals surface area (Å²) < 4.78 is 7.83. The number of esters is 1. The maximum atomic E-state index is 12.4. The second kappa shape index (κ2) is 8.49. The van der Waals surface area contributed by atoms with Crippen molar-refractivity contribution in [2.24, 2.45) is 0 Å². The number of hydrogen-bond acceptors (Lipinski definition) is 4. The molecule has 0 saturated carbocycles. The first-order valence-corrected chi connectivity index (χ1v) is 8.46. The van der Waals surface area contributed by atoms with E-state index in [1.165, 1.54) is 16.8 Å². The van der Waals surface area contributed by atoms with Crippen molar-refractivity contribution >= 4 is 28.1 Å². The number of ether oxygens (including phenoxy) is 1. The molecule has 24 heavy (non-hydrogen) atoms. The van der Waals surface area contributed by atoms with Gasteiger partial charge in [-0.05, 0) is 44.2 Å². The van der Waals surface area contributed by atoms with Crippen molar-refractivity contribution in [3.8, 4) is 0 Å². The maximum absolute atomic E-state index is 12.4. The van der Waals surface area contributed by atoms with Crippen LogP contribution < -0.4 is 5.56 Å². The lowest BCUT2D eigenvalue weighted by molar-refractivity contribution is 0.0512. The lowest BCUT2D eigenvalue weighted by Gasteiger charge is -2.23. The zero-order chi connectivity index (χ0) is 17.5. The first kappa shape index (κ1) is 18.0. The molecule has 0 saturated heterocycles. The van der Waals surface area contributed by atoms with Crippen molar-refractivity contribution in [3.63, 3.8) is 0 Å². The fourth-order valence-electron chi connectivity index (χ4n) is 2.11. The van der Waals surface area contributed by atoms with E-state index in [-0.39, 0.29) is 5.56 Å². The van der Waals surface area contributed by atoms with Crippen molar-refractivity contribution in [2.75, 3.05) is 13.1 Å². The van der Waals surface area contributed by atoms with Crippen LogP contribution in [0.25, 0.3) is 6.20 Å². The van der Waals surface area contributed by atoms with Crippen LogP contribution in [0, 0.1) is 0 Å². The lowest BCUT2D eigenvalue weighted by atomic mass is 10.2. The standard InChI is InChI=1S/C18H19BrN2O3/c1-3-20(4-2)17(13-21-12-6-5-7-16(21)22)24-18(23)14-8-10-15(19)11-9-14/h5-13H,3-4H2,1-2H3/b17-13-. The van der Waals surface area contributed by atoms with E-state index in [0.29, 0.717) is 24.5 Å². The summed E-state index contributed by atoms with van der Waals surface area (Å²) in [5, 5.41) is 0. The second-order valence-electron chi connectivity index (χ2n) is 4.98. The highest BCUT2D eigenvalue weighted by Crippen LogP contribution is 2.15. The van der Waals surface area contributed by atoms with Crippen molar-refractivity contribution < 1.29 is 9.53 Å². The van der Waals surface area contributed by atoms with Crippen molar-refractivity contribution in [3.05, 3.63) is 74.9 Å². The average Bonchev–Trinajstić information content (AvgIpc) is 2.58. The highest BCUT2D eigenvalue weighted by atomic mass is 79.9. The lowest BCUT2D eigenvalue weighted by Crippen LogP contribution is -2.27. The number of rotatable bonds is 6. The first-order chi connectivity index (χ1) is 11.5. The minimum Gasteiger partial charge on any atom is -0.404 e. The number of carbonyl (C=O) groups is 1. The van der Waals surface area contributed by atoms with Gasteiger partial charge in [0, 0.05) is 29.8 Å². The molecule has 0 atom stereocenters. The van der Waals surface area contributed by atoms with E-state index in [1.807, 2.05) is 18.7 Å². The normalized spacial score (nSPS) is 11.2. The van der Waals surface area contributed by atoms with Crippen molar-refractivity contribution in [1.29, 1.82) is 0 Å². The Morgan fingerprint density at radius 1 is 1.17 bits per heavy atom. The summed E-state index contributed by atoms with van der Waals surface area (Å²) in [6.45, 7) is 5.21. The molecule has 1 aromatic carbocycles. The molecule has 1 aromatic heterocycles. The molecule has 2 aromatic rings. The topological polar surface area (TPSA) is 51.5 Å². The Hall–Kier alpha value is -2.34. The summed E-state index contributed by atoms with van der Waals surface area (Å²) in [7, 11) is 0. The predicted octanol–water partition coefficient (Wildman–Crippen LogP) is 3.57. The third kappa shape index (κ3) is 4.58. The molecule has 0 aliphatic rings. The van der Waals surface area contributed by atoms with Gasteiger partial charge in [-0.25, -0.2) is 4.79 Å². The van der Waals surface area contributed by atoms with Crippen LogP contribution in [0.15, 0.2) is 63.8 Å². The second-order valence-corrected chi connectivity index (χ2v) is 5.90. The van der Waals surface area contributed by atoms with Gasteiger partial charge in [-0.3, -0.25) is 9.36 Å². The minimum atomic E-state index is -0.468. The van der Waals surface area contributed by atoms with Crippen LogP contribution in [-0.4, -0.2) is 28.5 Å². The number of pyridine rings is 1. The molecule has 0 spiro atoms. The number of benzene rings is 1. The molecule has 0 N–H and O–H groups in total. The van der Waals surface area contributed by atoms with Gasteiger partial charge in [-0.1, -0.05) is 22.0 Å². The van der Waals surface area contributed by atoms with Gasteiger partial charge in [-0.15, -0.1) is 0 Å². The fraction of sp³-hybridized carbons (Fsp3) is 0.222. The van der Waals surface area contributed by atoms with Gasteiger partial charge < -0.3 is 9.64 Å². The molecule has 0 radical (unpaired) electrons. The molecule has 126 valence electrons. The van der Waals surface area contributed by atoms with Gasteiger partial charge in [0.1, 0.15) is 0 Å². The number of hydrogen-bond donors (Lipinski definition) is 0. The highest BCUT2D eigenvalue weighted by molar-refractivity contribution is 9.10. The SMILES string of the molecule is CCN(CC)/C(=C/n1ccccc1=O)OC(=O)c1ccc(Br)cc1. The smallest absolute Gasteiger partial charge is 0.344 e. The molecule has 0 amide bonds. The molecular weight excluding hydrogens is 372 g/mol. The number of nitrogens with zero attached hydrogens (tertiary/aromatic N) is 2. The van der Waals surface area contributed by atoms with Crippen molar-refractivity contribution in [1.82, 2.24) is 9.47 Å². The summed E-state index contributed by atoms with van der Waals surface area (Å²) in [6.07, 6.45) is 3.16. The van der Waals surface area contributed by atoms with E-state index in [9.17, 15) is 9.59 Å². The van der Waals surface area contributed by atoms with Gasteiger partial charge in [0.25, 0.3) is 5.56 Å². The van der Waals surface area contributed by atoms with E-state index >= 15 is 0 Å². The van der Waals surface area contributed by atoms with Crippen LogP contribution in [0.2, 0.25) is 0 Å². The summed E-state index contributed by atoms with van der Waals surface area (Å²) >= 11 is 3.33. The number of halogens is 1. The van der Waals surface area contributed by atoms with E-state index < -0.39 is 5.97 Å². The summed E-state index contributed by atoms with van der Waals surface area (Å²) in [6, 6.07) is 11.8. The van der Waals surface area contributed by atoms with Gasteiger partial charge >= 0.3 is 5.97 Å². The molecule has 1 heterocycles. The Labute approximate surface area is 149 Å². The maximum Gasteiger partial charge on any atom is 0.344 e. The van der Waals surface area contributed by atoms with E-state index in [2.05, 4.69) is 15.9 Å². The first-order valence-electron chi connectivity index (χ1n) is 7.66. The van der Waals surface area contributed by atoms with Crippen LogP contribution >= 0.6 is 15.9 Å². The van der Waals surface area contributed by atoms with Crippen LogP contribution in [-0.2, 0) is 4.74 Å². The van der Waals surface area contributed by atoms with Crippen LogP contribution in [0.3, 0.4) is 0 Å². The fourth-order valence-corrected chi connectivity index (χ4v) is 2.38. The van der Waals surface area contributed by atoms with E-state index in [0.717, 1.165) is 4.47 Å². The molecular formula is C18H19BrN2O3. The van der Waals surface area contributed by atoms with Gasteiger partial charge in [-0.2, -0.15) is 0 Å². The monoisotopic (exact) mass is 390 g/mol. The van der Waals surface area contributed by atoms with Gasteiger partial charge in [0.2, 0.25) is 5.88 Å². The molecule has 0 aliphatic heterocycles. The molecule has 2 rings (SSSR count). The van der Waals surface area contributed by atoms with Crippen LogP contribution in [0.4, 0.5) is 0 Å². The summed E-state index contributed by atoms with van der Waals surface area (Å²) in [5.41, 5.74) is 0.249. The number of carbonyl (C=O) groups excluding carboxylic acids is 1. The quantitative estimate of drug-likeness (QED) is 0.558. The predicted molar refractivity (Wildman–Crippen MR) is 97.5 cm³/mol. The van der Waals surface area contributed by atoms with E-state index in [4.69, 9.17) is 4.74 Å². The Bertz CT molecular complexity index is 777. The molecule has 5 nitrogen and oxygen atoms in total. The van der Waals surface area contributed by atoms with Crippen molar-refractivity contribution in [2.45, 2.75) is 13.8 Å². The summed E-state index contributed by atoms with van der Waals surface area (Å²) in [5.74, 6) is -0.133. The van der Waals surface area contributed by atoms with Gasteiger partial charge in [0.15, 0.2) is 0 Å². The zero-order valence-corrected chi connectivity index (χ0v) is 15.2.